The molecule has 102 valence electrons. The molecule has 1 rings (SSSR count). The molecule has 0 amide bonds. The molecule has 1 aliphatic heterocycles. The lowest BCUT2D eigenvalue weighted by Gasteiger charge is -2.39. The van der Waals surface area contributed by atoms with E-state index < -0.39 is 37.3 Å². The summed E-state index contributed by atoms with van der Waals surface area (Å²) in [5, 5.41) is 40.6. The zero-order chi connectivity index (χ0) is 12.8. The molecule has 0 spiro atoms. The minimum atomic E-state index is -1.38. The lowest BCUT2D eigenvalue weighted by molar-refractivity contribution is -0.300. The Morgan fingerprint density at radius 3 is 2.47 bits per heavy atom. The number of ether oxygens (including phenoxy) is 2. The molecule has 0 aliphatic carbocycles. The largest absolute Gasteiger partial charge is 0.394 e. The molecule has 5 N–H and O–H groups in total. The van der Waals surface area contributed by atoms with Crippen LogP contribution in [0.25, 0.3) is 0 Å². The molecule has 5 atom stereocenters. The first-order valence-corrected chi connectivity index (χ1v) is 5.74. The molecule has 1 aliphatic rings. The van der Waals surface area contributed by atoms with Crippen LogP contribution in [0.15, 0.2) is 0 Å². The van der Waals surface area contributed by atoms with Crippen LogP contribution in [0.4, 0.5) is 0 Å². The van der Waals surface area contributed by atoms with Crippen LogP contribution in [0.2, 0.25) is 0 Å². The third kappa shape index (κ3) is 3.85. The molecule has 0 aromatic carbocycles. The van der Waals surface area contributed by atoms with Crippen LogP contribution in [0, 0.1) is 0 Å². The second kappa shape index (κ2) is 7.22. The van der Waals surface area contributed by atoms with Crippen molar-refractivity contribution in [3.05, 3.63) is 0 Å². The first-order chi connectivity index (χ1) is 8.11. The van der Waals surface area contributed by atoms with Gasteiger partial charge in [-0.15, -0.1) is 0 Å². The molecule has 1 heterocycles. The summed E-state index contributed by atoms with van der Waals surface area (Å²) >= 11 is 0. The van der Waals surface area contributed by atoms with Gasteiger partial charge in [0.2, 0.25) is 0 Å². The molecule has 1 saturated heterocycles. The fourth-order valence-corrected chi connectivity index (χ4v) is 1.63. The Morgan fingerprint density at radius 1 is 1.18 bits per heavy atom. The van der Waals surface area contributed by atoms with Gasteiger partial charge in [-0.05, 0) is 6.54 Å². The summed E-state index contributed by atoms with van der Waals surface area (Å²) in [7, 11) is 0. The van der Waals surface area contributed by atoms with Gasteiger partial charge in [-0.2, -0.15) is 0 Å². The van der Waals surface area contributed by atoms with E-state index >= 15 is 0 Å². The zero-order valence-electron chi connectivity index (χ0n) is 9.82. The Morgan fingerprint density at radius 2 is 1.88 bits per heavy atom. The van der Waals surface area contributed by atoms with E-state index in [0.717, 1.165) is 6.54 Å². The Kier molecular flexibility index (Phi) is 6.28. The molecule has 17 heavy (non-hydrogen) atoms. The molecule has 5 unspecified atom stereocenters. The van der Waals surface area contributed by atoms with Crippen molar-refractivity contribution in [3.8, 4) is 0 Å². The predicted octanol–water partition coefficient (Wildman–Crippen LogP) is -2.59. The van der Waals surface area contributed by atoms with Crippen molar-refractivity contribution < 1.29 is 29.9 Å². The first-order valence-electron chi connectivity index (χ1n) is 5.74. The topological polar surface area (TPSA) is 111 Å². The van der Waals surface area contributed by atoms with E-state index in [1.165, 1.54) is 0 Å². The van der Waals surface area contributed by atoms with Crippen LogP contribution in [-0.4, -0.2) is 77.4 Å². The van der Waals surface area contributed by atoms with E-state index in [1.807, 2.05) is 6.92 Å². The molecule has 1 fully saturated rings. The molecule has 0 aromatic heterocycles. The number of hydrogen-bond acceptors (Lipinski definition) is 7. The van der Waals surface area contributed by atoms with Crippen molar-refractivity contribution >= 4 is 0 Å². The summed E-state index contributed by atoms with van der Waals surface area (Å²) in [5.41, 5.74) is 0. The number of aliphatic hydroxyl groups is 4. The highest BCUT2D eigenvalue weighted by Gasteiger charge is 2.43. The Bertz CT molecular complexity index is 215. The van der Waals surface area contributed by atoms with Crippen LogP contribution in [0.3, 0.4) is 0 Å². The van der Waals surface area contributed by atoms with E-state index in [0.29, 0.717) is 13.2 Å². The smallest absolute Gasteiger partial charge is 0.186 e. The van der Waals surface area contributed by atoms with Crippen molar-refractivity contribution in [1.82, 2.24) is 5.32 Å². The normalized spacial score (nSPS) is 38.3. The van der Waals surface area contributed by atoms with E-state index in [1.54, 1.807) is 0 Å². The van der Waals surface area contributed by atoms with Crippen LogP contribution < -0.4 is 5.32 Å². The lowest BCUT2D eigenvalue weighted by atomic mass is 9.99. The number of rotatable bonds is 6. The monoisotopic (exact) mass is 251 g/mol. The van der Waals surface area contributed by atoms with Gasteiger partial charge in [0, 0.05) is 6.54 Å². The SMILES string of the molecule is CCNCCOC1OC(CO)C(O)C(O)C1O. The van der Waals surface area contributed by atoms with Crippen molar-refractivity contribution in [2.24, 2.45) is 0 Å². The molecule has 0 bridgehead atoms. The molecule has 7 heteroatoms. The number of hydrogen-bond donors (Lipinski definition) is 5. The summed E-state index contributed by atoms with van der Waals surface area (Å²) in [6.07, 6.45) is -6.01. The highest BCUT2D eigenvalue weighted by atomic mass is 16.7. The fraction of sp³-hybridized carbons (Fsp3) is 1.00. The molecular weight excluding hydrogens is 230 g/mol. The lowest BCUT2D eigenvalue weighted by Crippen LogP contribution is -2.59. The zero-order valence-corrected chi connectivity index (χ0v) is 9.82. The van der Waals surface area contributed by atoms with Gasteiger partial charge in [-0.25, -0.2) is 0 Å². The van der Waals surface area contributed by atoms with Gasteiger partial charge in [-0.3, -0.25) is 0 Å². The summed E-state index contributed by atoms with van der Waals surface area (Å²) in [6.45, 7) is 3.20. The van der Waals surface area contributed by atoms with Crippen molar-refractivity contribution in [2.45, 2.75) is 37.6 Å². The average molecular weight is 251 g/mol. The highest BCUT2D eigenvalue weighted by Crippen LogP contribution is 2.21. The fourth-order valence-electron chi connectivity index (χ4n) is 1.63. The van der Waals surface area contributed by atoms with Gasteiger partial charge in [-0.1, -0.05) is 6.92 Å². The molecule has 0 saturated carbocycles. The average Bonchev–Trinajstić information content (AvgIpc) is 2.34. The number of likely N-dealkylation sites (N-methyl/N-ethyl adjacent to an activating group) is 1. The van der Waals surface area contributed by atoms with Gasteiger partial charge in [0.05, 0.1) is 13.2 Å². The highest BCUT2D eigenvalue weighted by molar-refractivity contribution is 4.88. The summed E-state index contributed by atoms with van der Waals surface area (Å²) in [5.74, 6) is 0. The van der Waals surface area contributed by atoms with Gasteiger partial charge in [0.1, 0.15) is 24.4 Å². The number of nitrogens with one attached hydrogen (secondary N) is 1. The number of aliphatic hydroxyl groups excluding tert-OH is 4. The predicted molar refractivity (Wildman–Crippen MR) is 58.3 cm³/mol. The summed E-state index contributed by atoms with van der Waals surface area (Å²) in [6, 6.07) is 0. The van der Waals surface area contributed by atoms with E-state index in [2.05, 4.69) is 5.32 Å². The summed E-state index contributed by atoms with van der Waals surface area (Å²) in [4.78, 5) is 0. The van der Waals surface area contributed by atoms with Gasteiger partial charge in [0.15, 0.2) is 6.29 Å². The van der Waals surface area contributed by atoms with E-state index in [9.17, 15) is 15.3 Å². The van der Waals surface area contributed by atoms with Crippen LogP contribution in [0.5, 0.6) is 0 Å². The van der Waals surface area contributed by atoms with Crippen molar-refractivity contribution in [2.75, 3.05) is 26.3 Å². The second-order valence-corrected chi connectivity index (χ2v) is 3.92. The van der Waals surface area contributed by atoms with Crippen molar-refractivity contribution in [3.63, 3.8) is 0 Å². The quantitative estimate of drug-likeness (QED) is 0.329. The summed E-state index contributed by atoms with van der Waals surface area (Å²) < 4.78 is 10.4. The third-order valence-electron chi connectivity index (χ3n) is 2.66. The molecule has 0 aromatic rings. The van der Waals surface area contributed by atoms with Gasteiger partial charge in [0.25, 0.3) is 0 Å². The minimum Gasteiger partial charge on any atom is -0.394 e. The van der Waals surface area contributed by atoms with E-state index in [-0.39, 0.29) is 0 Å². The molecule has 0 radical (unpaired) electrons. The minimum absolute atomic E-state index is 0.302. The van der Waals surface area contributed by atoms with Crippen LogP contribution in [-0.2, 0) is 9.47 Å². The van der Waals surface area contributed by atoms with Crippen molar-refractivity contribution in [1.29, 1.82) is 0 Å². The maximum Gasteiger partial charge on any atom is 0.186 e. The van der Waals surface area contributed by atoms with Gasteiger partial charge < -0.3 is 35.2 Å². The maximum absolute atomic E-state index is 9.62. The van der Waals surface area contributed by atoms with Crippen LogP contribution >= 0.6 is 0 Å². The van der Waals surface area contributed by atoms with Gasteiger partial charge >= 0.3 is 0 Å². The maximum atomic E-state index is 9.62. The first kappa shape index (κ1) is 14.8. The third-order valence-corrected chi connectivity index (χ3v) is 2.66. The Balaban J connectivity index is 2.42. The molecular formula is C10H21NO6. The van der Waals surface area contributed by atoms with E-state index in [4.69, 9.17) is 14.6 Å². The molecule has 7 nitrogen and oxygen atoms in total. The Hall–Kier alpha value is -0.280. The standard InChI is InChI=1S/C10H21NO6/c1-2-11-3-4-16-10-9(15)8(14)7(13)6(5-12)17-10/h6-15H,2-5H2,1H3. The van der Waals surface area contributed by atoms with Crippen LogP contribution in [0.1, 0.15) is 6.92 Å². The Labute approximate surface area is 100.0 Å². The second-order valence-electron chi connectivity index (χ2n) is 3.92.